The Hall–Kier alpha value is -1.83. The van der Waals surface area contributed by atoms with Crippen LogP contribution >= 0.6 is 0 Å². The zero-order valence-corrected chi connectivity index (χ0v) is 11.5. The molecule has 2 aromatic rings. The smallest absolute Gasteiger partial charge is 0.129 e. The number of para-hydroxylation sites is 1. The molecule has 0 saturated carbocycles. The summed E-state index contributed by atoms with van der Waals surface area (Å²) in [5.74, 6) is 0.415. The summed E-state index contributed by atoms with van der Waals surface area (Å²) in [6.45, 7) is 0. The number of halogens is 1. The first-order valence-corrected chi connectivity index (χ1v) is 7.31. The molecule has 0 aromatic heterocycles. The maximum absolute atomic E-state index is 14.3. The van der Waals surface area contributed by atoms with Gasteiger partial charge in [-0.2, -0.15) is 0 Å². The summed E-state index contributed by atoms with van der Waals surface area (Å²) in [5.41, 5.74) is 3.58. The van der Waals surface area contributed by atoms with E-state index in [0.29, 0.717) is 5.75 Å². The van der Waals surface area contributed by atoms with Crippen LogP contribution in [0.2, 0.25) is 0 Å². The molecule has 2 heteroatoms. The van der Waals surface area contributed by atoms with Crippen molar-refractivity contribution in [3.05, 3.63) is 64.5 Å². The lowest BCUT2D eigenvalue weighted by Gasteiger charge is -2.13. The average molecular weight is 270 g/mol. The van der Waals surface area contributed by atoms with E-state index in [-0.39, 0.29) is 5.82 Å². The lowest BCUT2D eigenvalue weighted by molar-refractivity contribution is 0.458. The fraction of sp³-hybridized carbons (Fsp3) is 0.333. The molecule has 0 unspecified atom stereocenters. The highest BCUT2D eigenvalue weighted by atomic mass is 19.1. The van der Waals surface area contributed by atoms with E-state index in [1.807, 2.05) is 36.4 Å². The quantitative estimate of drug-likeness (QED) is 0.761. The number of aromatic hydroxyl groups is 1. The lowest BCUT2D eigenvalue weighted by Crippen LogP contribution is -2.02. The molecular formula is C18H19FO. The third-order valence-corrected chi connectivity index (χ3v) is 4.15. The second-order valence-corrected chi connectivity index (χ2v) is 5.52. The van der Waals surface area contributed by atoms with Crippen molar-refractivity contribution >= 4 is 0 Å². The first-order chi connectivity index (χ1) is 9.75. The number of fused-ring (bicyclic) bond motifs is 4. The Morgan fingerprint density at radius 3 is 1.60 bits per heavy atom. The molecule has 0 heterocycles. The van der Waals surface area contributed by atoms with E-state index < -0.39 is 0 Å². The molecule has 1 nitrogen and oxygen atoms in total. The summed E-state index contributed by atoms with van der Waals surface area (Å²) < 4.78 is 14.3. The van der Waals surface area contributed by atoms with Crippen LogP contribution in [0, 0.1) is 5.82 Å². The number of hydrogen-bond acceptors (Lipinski definition) is 1. The number of aryl methyl sites for hydroxylation is 4. The molecule has 1 aliphatic rings. The first-order valence-electron chi connectivity index (χ1n) is 7.31. The maximum atomic E-state index is 14.3. The van der Waals surface area contributed by atoms with Crippen molar-refractivity contribution in [1.29, 1.82) is 0 Å². The molecule has 0 spiro atoms. The summed E-state index contributed by atoms with van der Waals surface area (Å²) in [5, 5.41) is 10.3. The zero-order chi connectivity index (χ0) is 13.9. The Balaban J connectivity index is 1.93. The Morgan fingerprint density at radius 2 is 1.10 bits per heavy atom. The highest BCUT2D eigenvalue weighted by Crippen LogP contribution is 2.27. The van der Waals surface area contributed by atoms with Gasteiger partial charge in [0.05, 0.1) is 0 Å². The summed E-state index contributed by atoms with van der Waals surface area (Å²) >= 11 is 0. The van der Waals surface area contributed by atoms with Crippen LogP contribution in [0.25, 0.3) is 0 Å². The fourth-order valence-corrected chi connectivity index (χ4v) is 3.01. The van der Waals surface area contributed by atoms with Gasteiger partial charge in [0, 0.05) is 0 Å². The lowest BCUT2D eigenvalue weighted by atomic mass is 9.94. The highest BCUT2D eigenvalue weighted by molar-refractivity contribution is 5.41. The normalized spacial score (nSPS) is 15.2. The fourth-order valence-electron chi connectivity index (χ4n) is 3.01. The van der Waals surface area contributed by atoms with Gasteiger partial charge < -0.3 is 5.11 Å². The van der Waals surface area contributed by atoms with Crippen LogP contribution in [0.4, 0.5) is 4.39 Å². The van der Waals surface area contributed by atoms with Crippen molar-refractivity contribution < 1.29 is 9.50 Å². The number of benzene rings is 2. The molecule has 0 aliphatic heterocycles. The van der Waals surface area contributed by atoms with Crippen LogP contribution < -0.4 is 0 Å². The zero-order valence-electron chi connectivity index (χ0n) is 11.5. The molecule has 104 valence electrons. The third kappa shape index (κ3) is 2.55. The Morgan fingerprint density at radius 1 is 0.700 bits per heavy atom. The minimum atomic E-state index is -0.0269. The van der Waals surface area contributed by atoms with Gasteiger partial charge in [0.15, 0.2) is 0 Å². The van der Waals surface area contributed by atoms with E-state index in [1.165, 1.54) is 0 Å². The number of phenolic OH excluding ortho intramolecular Hbond substituents is 1. The van der Waals surface area contributed by atoms with Crippen molar-refractivity contribution in [3.63, 3.8) is 0 Å². The monoisotopic (exact) mass is 270 g/mol. The van der Waals surface area contributed by atoms with Gasteiger partial charge in [-0.25, -0.2) is 4.39 Å². The summed E-state index contributed by atoms with van der Waals surface area (Å²) in [6, 6.07) is 11.7. The average Bonchev–Trinajstić information content (AvgIpc) is 2.45. The van der Waals surface area contributed by atoms with E-state index in [4.69, 9.17) is 0 Å². The van der Waals surface area contributed by atoms with Crippen LogP contribution in [0.1, 0.15) is 35.1 Å². The first kappa shape index (κ1) is 13.2. The van der Waals surface area contributed by atoms with Gasteiger partial charge >= 0.3 is 0 Å². The minimum Gasteiger partial charge on any atom is -0.507 e. The summed E-state index contributed by atoms with van der Waals surface area (Å²) in [4.78, 5) is 0. The van der Waals surface area contributed by atoms with E-state index in [2.05, 4.69) is 0 Å². The molecule has 1 N–H and O–H groups in total. The second kappa shape index (κ2) is 5.66. The molecule has 0 radical (unpaired) electrons. The van der Waals surface area contributed by atoms with Gasteiger partial charge in [-0.15, -0.1) is 0 Å². The van der Waals surface area contributed by atoms with Crippen molar-refractivity contribution in [3.8, 4) is 5.75 Å². The van der Waals surface area contributed by atoms with Gasteiger partial charge in [-0.05, 0) is 60.8 Å². The predicted molar refractivity (Wildman–Crippen MR) is 78.6 cm³/mol. The molecule has 20 heavy (non-hydrogen) atoms. The van der Waals surface area contributed by atoms with E-state index in [0.717, 1.165) is 60.8 Å². The van der Waals surface area contributed by atoms with Crippen LogP contribution in [-0.4, -0.2) is 5.11 Å². The molecule has 0 amide bonds. The Kier molecular flexibility index (Phi) is 3.72. The van der Waals surface area contributed by atoms with Gasteiger partial charge in [-0.1, -0.05) is 36.4 Å². The van der Waals surface area contributed by atoms with Crippen molar-refractivity contribution in [2.24, 2.45) is 0 Å². The molecule has 0 saturated heterocycles. The standard InChI is InChI=1S/C18H19FO/c19-17-13-5-1-6-14(17)8-3-10-16-12-4-11-15(18(16)20)9-2-7-13/h1,4-6,11-12,20H,2-3,7-10H2. The number of hydrogen-bond donors (Lipinski definition) is 1. The van der Waals surface area contributed by atoms with Crippen LogP contribution in [0.15, 0.2) is 36.4 Å². The van der Waals surface area contributed by atoms with E-state index in [9.17, 15) is 9.50 Å². The van der Waals surface area contributed by atoms with Crippen molar-refractivity contribution in [2.75, 3.05) is 0 Å². The number of phenols is 1. The minimum absolute atomic E-state index is 0.0269. The topological polar surface area (TPSA) is 20.2 Å². The van der Waals surface area contributed by atoms with Crippen LogP contribution in [0.3, 0.4) is 0 Å². The molecule has 0 atom stereocenters. The van der Waals surface area contributed by atoms with Gasteiger partial charge in [0.1, 0.15) is 11.6 Å². The Bertz CT molecular complexity index is 519. The van der Waals surface area contributed by atoms with Gasteiger partial charge in [-0.3, -0.25) is 0 Å². The van der Waals surface area contributed by atoms with Crippen LogP contribution in [0.5, 0.6) is 5.75 Å². The molecular weight excluding hydrogens is 251 g/mol. The van der Waals surface area contributed by atoms with Crippen molar-refractivity contribution in [2.45, 2.75) is 38.5 Å². The van der Waals surface area contributed by atoms with E-state index >= 15 is 0 Å². The highest BCUT2D eigenvalue weighted by Gasteiger charge is 2.12. The third-order valence-electron chi connectivity index (χ3n) is 4.15. The Labute approximate surface area is 119 Å². The second-order valence-electron chi connectivity index (χ2n) is 5.52. The molecule has 0 fully saturated rings. The molecule has 1 aliphatic carbocycles. The summed E-state index contributed by atoms with van der Waals surface area (Å²) in [7, 11) is 0. The largest absolute Gasteiger partial charge is 0.507 e. The number of rotatable bonds is 0. The SMILES string of the molecule is Oc1c2cccc1CCCc1cccc(c1F)CCC2. The van der Waals surface area contributed by atoms with Crippen molar-refractivity contribution in [1.82, 2.24) is 0 Å². The molecule has 2 aromatic carbocycles. The molecule has 3 rings (SSSR count). The van der Waals surface area contributed by atoms with Crippen LogP contribution in [-0.2, 0) is 25.7 Å². The van der Waals surface area contributed by atoms with Gasteiger partial charge in [0.25, 0.3) is 0 Å². The predicted octanol–water partition coefficient (Wildman–Crippen LogP) is 4.20. The molecule has 4 bridgehead atoms. The van der Waals surface area contributed by atoms with E-state index in [1.54, 1.807) is 0 Å². The van der Waals surface area contributed by atoms with Gasteiger partial charge in [0.2, 0.25) is 0 Å². The summed E-state index contributed by atoms with van der Waals surface area (Å²) in [6.07, 6.45) is 4.76. The maximum Gasteiger partial charge on any atom is 0.129 e.